The van der Waals surface area contributed by atoms with Gasteiger partial charge in [-0.25, -0.2) is 9.59 Å². The fourth-order valence-corrected chi connectivity index (χ4v) is 2.85. The maximum Gasteiger partial charge on any atom is 0.338 e. The van der Waals surface area contributed by atoms with Crippen molar-refractivity contribution in [2.24, 2.45) is 0 Å². The molecule has 30 heavy (non-hydrogen) atoms. The molecule has 2 aromatic carbocycles. The quantitative estimate of drug-likeness (QED) is 0.438. The molecule has 1 aromatic heterocycles. The second-order valence-electron chi connectivity index (χ2n) is 6.71. The van der Waals surface area contributed by atoms with Crippen LogP contribution in [0.3, 0.4) is 0 Å². The number of nitrogens with zero attached hydrogens (tertiary/aromatic N) is 1. The Labute approximate surface area is 173 Å². The van der Waals surface area contributed by atoms with Crippen molar-refractivity contribution in [3.63, 3.8) is 0 Å². The van der Waals surface area contributed by atoms with Gasteiger partial charge < -0.3 is 19.8 Å². The van der Waals surface area contributed by atoms with Crippen LogP contribution < -0.4 is 15.7 Å². The number of carbonyl (C=O) groups is 2. The van der Waals surface area contributed by atoms with Crippen molar-refractivity contribution in [3.8, 4) is 11.4 Å². The molecular formula is C22H23N3O5. The molecule has 0 unspecified atom stereocenters. The molecule has 156 valence electrons. The van der Waals surface area contributed by atoms with E-state index in [0.717, 1.165) is 17.0 Å². The number of nitrogens with one attached hydrogen (secondary N) is 2. The molecule has 0 spiro atoms. The van der Waals surface area contributed by atoms with Crippen LogP contribution in [0.1, 0.15) is 21.6 Å². The van der Waals surface area contributed by atoms with Crippen molar-refractivity contribution in [2.75, 3.05) is 19.8 Å². The molecule has 1 amide bonds. The Morgan fingerprint density at radius 3 is 2.53 bits per heavy atom. The summed E-state index contributed by atoms with van der Waals surface area (Å²) in [6.45, 7) is 3.98. The number of imidazole rings is 1. The largest absolute Gasteiger partial charge is 0.492 e. The molecule has 0 bridgehead atoms. The number of hydrogen-bond donors (Lipinski definition) is 2. The van der Waals surface area contributed by atoms with E-state index in [1.54, 1.807) is 37.4 Å². The van der Waals surface area contributed by atoms with Crippen LogP contribution in [0.2, 0.25) is 0 Å². The number of H-pyrrole nitrogens is 1. The fraction of sp³-hybridized carbons (Fsp3) is 0.227. The van der Waals surface area contributed by atoms with Gasteiger partial charge in [-0.3, -0.25) is 9.36 Å². The van der Waals surface area contributed by atoms with Crippen molar-refractivity contribution in [3.05, 3.63) is 82.0 Å². The van der Waals surface area contributed by atoms with Crippen molar-refractivity contribution in [2.45, 2.75) is 13.8 Å². The Morgan fingerprint density at radius 1 is 1.10 bits per heavy atom. The zero-order valence-electron chi connectivity index (χ0n) is 16.8. The van der Waals surface area contributed by atoms with Crippen LogP contribution in [0.25, 0.3) is 5.69 Å². The Balaban J connectivity index is 1.42. The van der Waals surface area contributed by atoms with Gasteiger partial charge in [0.1, 0.15) is 12.4 Å². The van der Waals surface area contributed by atoms with E-state index >= 15 is 0 Å². The number of carbonyl (C=O) groups excluding carboxylic acids is 2. The smallest absolute Gasteiger partial charge is 0.338 e. The molecule has 0 aliphatic rings. The predicted molar refractivity (Wildman–Crippen MR) is 111 cm³/mol. The molecule has 8 heteroatoms. The van der Waals surface area contributed by atoms with Gasteiger partial charge in [0, 0.05) is 11.9 Å². The van der Waals surface area contributed by atoms with Crippen LogP contribution in [0.5, 0.6) is 5.75 Å². The molecule has 1 heterocycles. The molecule has 3 rings (SSSR count). The molecule has 0 radical (unpaired) electrons. The molecule has 0 aliphatic heterocycles. The monoisotopic (exact) mass is 409 g/mol. The van der Waals surface area contributed by atoms with E-state index in [4.69, 9.17) is 9.47 Å². The zero-order valence-corrected chi connectivity index (χ0v) is 16.8. The second-order valence-corrected chi connectivity index (χ2v) is 6.71. The summed E-state index contributed by atoms with van der Waals surface area (Å²) >= 11 is 0. The maximum atomic E-state index is 12.1. The number of aryl methyl sites for hydroxylation is 2. The molecule has 0 aliphatic carbocycles. The lowest BCUT2D eigenvalue weighted by Gasteiger charge is -2.09. The number of aromatic amines is 1. The van der Waals surface area contributed by atoms with E-state index in [1.165, 1.54) is 4.57 Å². The number of benzene rings is 2. The van der Waals surface area contributed by atoms with Gasteiger partial charge in [-0.1, -0.05) is 12.1 Å². The van der Waals surface area contributed by atoms with Gasteiger partial charge in [0.15, 0.2) is 6.61 Å². The van der Waals surface area contributed by atoms with Crippen LogP contribution in [0.4, 0.5) is 0 Å². The third kappa shape index (κ3) is 5.38. The number of amides is 1. The van der Waals surface area contributed by atoms with Gasteiger partial charge in [-0.15, -0.1) is 0 Å². The predicted octanol–water partition coefficient (Wildman–Crippen LogP) is 2.13. The van der Waals surface area contributed by atoms with Crippen LogP contribution in [0.15, 0.2) is 59.5 Å². The third-order valence-electron chi connectivity index (χ3n) is 4.34. The van der Waals surface area contributed by atoms with Gasteiger partial charge in [0.05, 0.1) is 17.8 Å². The van der Waals surface area contributed by atoms with Crippen LogP contribution in [-0.4, -0.2) is 41.2 Å². The first-order valence-corrected chi connectivity index (χ1v) is 9.45. The van der Waals surface area contributed by atoms with Gasteiger partial charge >= 0.3 is 11.7 Å². The molecular weight excluding hydrogens is 386 g/mol. The summed E-state index contributed by atoms with van der Waals surface area (Å²) in [6, 6.07) is 14.0. The second kappa shape index (κ2) is 9.60. The van der Waals surface area contributed by atoms with E-state index in [2.05, 4.69) is 10.3 Å². The number of ether oxygens (including phenoxy) is 2. The van der Waals surface area contributed by atoms with Crippen molar-refractivity contribution >= 4 is 11.9 Å². The summed E-state index contributed by atoms with van der Waals surface area (Å²) in [5.41, 5.74) is 2.49. The van der Waals surface area contributed by atoms with E-state index in [1.807, 2.05) is 31.2 Å². The average molecular weight is 409 g/mol. The first-order valence-electron chi connectivity index (χ1n) is 9.45. The van der Waals surface area contributed by atoms with Crippen LogP contribution in [-0.2, 0) is 9.53 Å². The first-order chi connectivity index (χ1) is 14.4. The standard InChI is InChI=1S/C22H23N3O5/c1-15-4-3-5-19(12-15)29-11-10-23-20(26)14-30-21(27)17-6-8-18(9-7-17)25-16(2)13-24-22(25)28/h3-9,12-13H,10-11,14H2,1-2H3,(H,23,26)(H,24,28). The van der Waals surface area contributed by atoms with Gasteiger partial charge in [0.25, 0.3) is 5.91 Å². The summed E-state index contributed by atoms with van der Waals surface area (Å²) in [4.78, 5) is 38.4. The Kier molecular flexibility index (Phi) is 6.69. The van der Waals surface area contributed by atoms with E-state index in [0.29, 0.717) is 18.8 Å². The highest BCUT2D eigenvalue weighted by molar-refractivity contribution is 5.91. The van der Waals surface area contributed by atoms with Crippen LogP contribution >= 0.6 is 0 Å². The third-order valence-corrected chi connectivity index (χ3v) is 4.34. The summed E-state index contributed by atoms with van der Waals surface area (Å²) in [5, 5.41) is 2.63. The van der Waals surface area contributed by atoms with Crippen molar-refractivity contribution in [1.82, 2.24) is 14.9 Å². The molecule has 0 saturated carbocycles. The molecule has 8 nitrogen and oxygen atoms in total. The summed E-state index contributed by atoms with van der Waals surface area (Å²) in [5.74, 6) is -0.301. The highest BCUT2D eigenvalue weighted by atomic mass is 16.5. The van der Waals surface area contributed by atoms with Gasteiger partial charge in [-0.2, -0.15) is 0 Å². The Hall–Kier alpha value is -3.81. The minimum Gasteiger partial charge on any atom is -0.492 e. The minimum absolute atomic E-state index is 0.258. The van der Waals surface area contributed by atoms with Crippen LogP contribution in [0, 0.1) is 13.8 Å². The SMILES string of the molecule is Cc1cccc(OCCNC(=O)COC(=O)c2ccc(-n3c(C)c[nH]c3=O)cc2)c1. The molecule has 2 N–H and O–H groups in total. The minimum atomic E-state index is -0.620. The Morgan fingerprint density at radius 2 is 1.87 bits per heavy atom. The average Bonchev–Trinajstić information content (AvgIpc) is 3.07. The van der Waals surface area contributed by atoms with E-state index in [9.17, 15) is 14.4 Å². The molecule has 0 fully saturated rings. The van der Waals surface area contributed by atoms with Gasteiger partial charge in [-0.05, 0) is 55.8 Å². The fourth-order valence-electron chi connectivity index (χ4n) is 2.85. The number of hydrogen-bond acceptors (Lipinski definition) is 5. The number of aromatic nitrogens is 2. The van der Waals surface area contributed by atoms with Crippen molar-refractivity contribution in [1.29, 1.82) is 0 Å². The first kappa shape index (κ1) is 20.9. The summed E-state index contributed by atoms with van der Waals surface area (Å²) in [7, 11) is 0. The number of esters is 1. The highest BCUT2D eigenvalue weighted by Crippen LogP contribution is 2.12. The normalized spacial score (nSPS) is 10.5. The lowest BCUT2D eigenvalue weighted by atomic mass is 10.2. The zero-order chi connectivity index (χ0) is 21.5. The van der Waals surface area contributed by atoms with Crippen molar-refractivity contribution < 1.29 is 19.1 Å². The maximum absolute atomic E-state index is 12.1. The lowest BCUT2D eigenvalue weighted by molar-refractivity contribution is -0.124. The Bertz CT molecular complexity index is 1080. The molecule has 3 aromatic rings. The number of rotatable bonds is 8. The van der Waals surface area contributed by atoms with E-state index < -0.39 is 11.9 Å². The molecule has 0 saturated heterocycles. The summed E-state index contributed by atoms with van der Waals surface area (Å²) < 4.78 is 12.1. The van der Waals surface area contributed by atoms with E-state index in [-0.39, 0.29) is 17.9 Å². The summed E-state index contributed by atoms with van der Waals surface area (Å²) in [6.07, 6.45) is 1.61. The van der Waals surface area contributed by atoms with Gasteiger partial charge in [0.2, 0.25) is 0 Å². The topological polar surface area (TPSA) is 102 Å². The molecule has 0 atom stereocenters. The lowest BCUT2D eigenvalue weighted by Crippen LogP contribution is -2.32. The highest BCUT2D eigenvalue weighted by Gasteiger charge is 2.11.